The lowest BCUT2D eigenvalue weighted by Crippen LogP contribution is -2.29. The third-order valence-corrected chi connectivity index (χ3v) is 5.64. The highest BCUT2D eigenvalue weighted by atomic mass is 16.5. The zero-order valence-corrected chi connectivity index (χ0v) is 17.9. The summed E-state index contributed by atoms with van der Waals surface area (Å²) in [4.78, 5) is 8.44. The van der Waals surface area contributed by atoms with E-state index in [0.29, 0.717) is 12.4 Å². The average molecular weight is 420 g/mol. The average Bonchev–Trinajstić information content (AvgIpc) is 3.13. The topological polar surface area (TPSA) is 98.2 Å². The van der Waals surface area contributed by atoms with Crippen LogP contribution in [0.3, 0.4) is 0 Å². The molecule has 2 heterocycles. The van der Waals surface area contributed by atoms with Crippen LogP contribution in [0.4, 0.5) is 11.8 Å². The Bertz CT molecular complexity index is 1110. The Morgan fingerprint density at radius 3 is 2.84 bits per heavy atom. The van der Waals surface area contributed by atoms with Gasteiger partial charge < -0.3 is 20.9 Å². The maximum Gasteiger partial charge on any atom is 0.221 e. The molecule has 0 saturated heterocycles. The number of rotatable bonds is 6. The number of fused-ring (bicyclic) bond motifs is 1. The number of aromatic nitrogens is 3. The summed E-state index contributed by atoms with van der Waals surface area (Å²) in [6.07, 6.45) is 7.26. The Hall–Kier alpha value is -3.08. The summed E-state index contributed by atoms with van der Waals surface area (Å²) in [6.45, 7) is 1.46. The number of hydrogen-bond acceptors (Lipinski definition) is 6. The van der Waals surface area contributed by atoms with E-state index in [9.17, 15) is 5.11 Å². The molecule has 162 valence electrons. The minimum absolute atomic E-state index is 0.222. The van der Waals surface area contributed by atoms with Gasteiger partial charge in [0.15, 0.2) is 0 Å². The number of nitrogens with one attached hydrogen (secondary N) is 1. The van der Waals surface area contributed by atoms with Crippen LogP contribution in [0.1, 0.15) is 44.1 Å². The highest BCUT2D eigenvalue weighted by Crippen LogP contribution is 2.29. The largest absolute Gasteiger partial charge is 0.385 e. The van der Waals surface area contributed by atoms with Crippen LogP contribution in [0.5, 0.6) is 0 Å². The molecule has 0 aliphatic heterocycles. The van der Waals surface area contributed by atoms with Crippen molar-refractivity contribution in [1.29, 1.82) is 0 Å². The molecule has 3 aromatic rings. The van der Waals surface area contributed by atoms with E-state index in [-0.39, 0.29) is 5.95 Å². The number of ether oxygens (including phenoxy) is 1. The molecular weight excluding hydrogens is 390 g/mol. The molecule has 4 rings (SSSR count). The number of methoxy groups -OCH3 is 1. The normalized spacial score (nSPS) is 15.4. The van der Waals surface area contributed by atoms with Crippen LogP contribution in [-0.2, 0) is 4.74 Å². The van der Waals surface area contributed by atoms with E-state index in [4.69, 9.17) is 10.5 Å². The number of nitrogen functional groups attached to an aromatic ring is 1. The van der Waals surface area contributed by atoms with E-state index in [2.05, 4.69) is 33.2 Å². The van der Waals surface area contributed by atoms with Crippen molar-refractivity contribution < 1.29 is 9.84 Å². The van der Waals surface area contributed by atoms with Gasteiger partial charge in [0.05, 0.1) is 5.52 Å². The van der Waals surface area contributed by atoms with Gasteiger partial charge in [-0.05, 0) is 56.4 Å². The van der Waals surface area contributed by atoms with E-state index in [1.54, 1.807) is 13.3 Å². The molecule has 0 atom stereocenters. The van der Waals surface area contributed by atoms with Gasteiger partial charge in [0.2, 0.25) is 5.95 Å². The van der Waals surface area contributed by atoms with E-state index < -0.39 is 5.60 Å². The Morgan fingerprint density at radius 1 is 1.23 bits per heavy atom. The molecule has 31 heavy (non-hydrogen) atoms. The number of hydrogen-bond donors (Lipinski definition) is 3. The van der Waals surface area contributed by atoms with Crippen molar-refractivity contribution in [3.8, 4) is 17.7 Å². The van der Waals surface area contributed by atoms with Gasteiger partial charge >= 0.3 is 0 Å². The molecule has 1 fully saturated rings. The molecule has 0 spiro atoms. The van der Waals surface area contributed by atoms with Crippen molar-refractivity contribution in [2.45, 2.75) is 44.1 Å². The molecule has 0 radical (unpaired) electrons. The first kappa shape index (κ1) is 21.2. The van der Waals surface area contributed by atoms with Crippen molar-refractivity contribution in [3.05, 3.63) is 42.1 Å². The van der Waals surface area contributed by atoms with E-state index in [1.807, 2.05) is 28.8 Å². The number of aliphatic hydroxyl groups is 1. The summed E-state index contributed by atoms with van der Waals surface area (Å²) < 4.78 is 7.18. The standard InChI is InChI=1S/C24H29N5O2/c1-31-15-5-13-26-22-17-19-7-6-18(8-12-24(30)10-3-2-4-11-24)16-20(19)29(22)21-9-14-27-23(25)28-21/h6-7,9,14,16-17,26,30H,2-5,10-11,13,15H2,1H3,(H2,25,27,28). The molecule has 2 aromatic heterocycles. The lowest BCUT2D eigenvalue weighted by atomic mass is 9.85. The molecule has 0 unspecified atom stereocenters. The quantitative estimate of drug-likeness (QED) is 0.418. The summed E-state index contributed by atoms with van der Waals surface area (Å²) in [5, 5.41) is 15.3. The van der Waals surface area contributed by atoms with Crippen LogP contribution >= 0.6 is 0 Å². The second kappa shape index (κ2) is 9.38. The Kier molecular flexibility index (Phi) is 6.40. The Balaban J connectivity index is 1.72. The van der Waals surface area contributed by atoms with Crippen LogP contribution in [-0.4, -0.2) is 45.5 Å². The third-order valence-electron chi connectivity index (χ3n) is 5.64. The van der Waals surface area contributed by atoms with Crippen LogP contribution in [0.25, 0.3) is 16.7 Å². The monoisotopic (exact) mass is 419 g/mol. The maximum atomic E-state index is 10.7. The van der Waals surface area contributed by atoms with Crippen molar-refractivity contribution in [3.63, 3.8) is 0 Å². The molecule has 1 aromatic carbocycles. The third kappa shape index (κ3) is 4.98. The minimum atomic E-state index is -0.871. The lowest BCUT2D eigenvalue weighted by Gasteiger charge is -2.26. The fraction of sp³-hybridized carbons (Fsp3) is 0.417. The van der Waals surface area contributed by atoms with Crippen LogP contribution in [0.2, 0.25) is 0 Å². The fourth-order valence-corrected chi connectivity index (χ4v) is 4.03. The lowest BCUT2D eigenvalue weighted by molar-refractivity contribution is 0.0610. The number of benzene rings is 1. The zero-order valence-electron chi connectivity index (χ0n) is 17.9. The molecule has 7 heteroatoms. The summed E-state index contributed by atoms with van der Waals surface area (Å²) in [5.41, 5.74) is 6.81. The predicted molar refractivity (Wildman–Crippen MR) is 123 cm³/mol. The SMILES string of the molecule is COCCCNc1cc2ccc(C#CC3(O)CCCCC3)cc2n1-c1ccnc(N)n1. The smallest absolute Gasteiger partial charge is 0.221 e. The van der Waals surface area contributed by atoms with Gasteiger partial charge in [0.25, 0.3) is 0 Å². The molecule has 1 saturated carbocycles. The van der Waals surface area contributed by atoms with Crippen molar-refractivity contribution in [2.24, 2.45) is 0 Å². The summed E-state index contributed by atoms with van der Waals surface area (Å²) in [6, 6.07) is 10.00. The highest BCUT2D eigenvalue weighted by Gasteiger charge is 2.26. The van der Waals surface area contributed by atoms with Crippen molar-refractivity contribution in [2.75, 3.05) is 31.3 Å². The van der Waals surface area contributed by atoms with E-state index >= 15 is 0 Å². The summed E-state index contributed by atoms with van der Waals surface area (Å²) in [7, 11) is 1.70. The zero-order chi connectivity index (χ0) is 21.7. The van der Waals surface area contributed by atoms with Crippen LogP contribution < -0.4 is 11.1 Å². The molecule has 7 nitrogen and oxygen atoms in total. The van der Waals surface area contributed by atoms with Gasteiger partial charge in [-0.25, -0.2) is 4.98 Å². The van der Waals surface area contributed by atoms with Crippen molar-refractivity contribution >= 4 is 22.7 Å². The maximum absolute atomic E-state index is 10.7. The van der Waals surface area contributed by atoms with Gasteiger partial charge in [-0.2, -0.15) is 4.98 Å². The predicted octanol–water partition coefficient (Wildman–Crippen LogP) is 3.50. The highest BCUT2D eigenvalue weighted by molar-refractivity contribution is 5.88. The van der Waals surface area contributed by atoms with Gasteiger partial charge in [-0.1, -0.05) is 24.3 Å². The molecule has 0 bridgehead atoms. The van der Waals surface area contributed by atoms with Crippen LogP contribution in [0.15, 0.2) is 36.5 Å². The second-order valence-corrected chi connectivity index (χ2v) is 8.03. The second-order valence-electron chi connectivity index (χ2n) is 8.03. The number of nitrogens with two attached hydrogens (primary N) is 1. The number of anilines is 2. The minimum Gasteiger partial charge on any atom is -0.385 e. The van der Waals surface area contributed by atoms with E-state index in [1.165, 1.54) is 6.42 Å². The van der Waals surface area contributed by atoms with Gasteiger partial charge in [0.1, 0.15) is 17.2 Å². The molecule has 1 aliphatic rings. The molecular formula is C24H29N5O2. The van der Waals surface area contributed by atoms with E-state index in [0.717, 1.165) is 60.9 Å². The molecule has 4 N–H and O–H groups in total. The first-order valence-electron chi connectivity index (χ1n) is 10.8. The number of nitrogens with zero attached hydrogens (tertiary/aromatic N) is 3. The Morgan fingerprint density at radius 2 is 2.06 bits per heavy atom. The molecule has 0 amide bonds. The first-order valence-corrected chi connectivity index (χ1v) is 10.8. The van der Waals surface area contributed by atoms with Crippen molar-refractivity contribution in [1.82, 2.24) is 14.5 Å². The van der Waals surface area contributed by atoms with Gasteiger partial charge in [0, 0.05) is 37.4 Å². The fourth-order valence-electron chi connectivity index (χ4n) is 4.03. The van der Waals surface area contributed by atoms with Gasteiger partial charge in [-0.3, -0.25) is 4.57 Å². The summed E-state index contributed by atoms with van der Waals surface area (Å²) >= 11 is 0. The Labute approximate surface area is 182 Å². The summed E-state index contributed by atoms with van der Waals surface area (Å²) in [5.74, 6) is 8.15. The first-order chi connectivity index (χ1) is 15.1. The van der Waals surface area contributed by atoms with Crippen LogP contribution in [0, 0.1) is 11.8 Å². The van der Waals surface area contributed by atoms with Gasteiger partial charge in [-0.15, -0.1) is 0 Å². The molecule has 1 aliphatic carbocycles.